The van der Waals surface area contributed by atoms with E-state index in [1.165, 1.54) is 27.7 Å². The van der Waals surface area contributed by atoms with Crippen LogP contribution >= 0.6 is 23.2 Å². The molecule has 0 aromatic heterocycles. The fourth-order valence-corrected chi connectivity index (χ4v) is 4.33. The summed E-state index contributed by atoms with van der Waals surface area (Å²) >= 11 is 13.0. The zero-order valence-corrected chi connectivity index (χ0v) is 24.4. The van der Waals surface area contributed by atoms with Crippen LogP contribution in [0.2, 0.25) is 0 Å². The van der Waals surface area contributed by atoms with Crippen LogP contribution in [-0.4, -0.2) is 68.4 Å². The molecule has 1 fully saturated rings. The van der Waals surface area contributed by atoms with Gasteiger partial charge in [0.2, 0.25) is 0 Å². The lowest BCUT2D eigenvalue weighted by molar-refractivity contribution is -0.202. The third-order valence-corrected chi connectivity index (χ3v) is 8.07. The normalized spacial score (nSPS) is 28.6. The lowest BCUT2D eigenvalue weighted by Crippen LogP contribution is -2.63. The molecule has 7 atom stereocenters. The minimum atomic E-state index is -1.76. The molecule has 0 bridgehead atoms. The third kappa shape index (κ3) is 8.57. The van der Waals surface area contributed by atoms with Crippen LogP contribution in [0, 0.1) is 5.92 Å². The summed E-state index contributed by atoms with van der Waals surface area (Å²) in [5.41, 5.74) is -2.13. The van der Waals surface area contributed by atoms with Crippen LogP contribution in [-0.2, 0) is 28.6 Å². The Kier molecular flexibility index (Phi) is 11.9. The molecule has 10 heteroatoms. The van der Waals surface area contributed by atoms with Gasteiger partial charge in [-0.3, -0.25) is 4.79 Å². The number of hydrogen-bond acceptors (Lipinski definition) is 8. The molecule has 1 aliphatic carbocycles. The minimum absolute atomic E-state index is 0.0146. The fraction of sp³-hybridized carbons (Fsp3) is 0.667. The van der Waals surface area contributed by atoms with Gasteiger partial charge in [-0.25, -0.2) is 9.59 Å². The summed E-state index contributed by atoms with van der Waals surface area (Å²) in [5.74, 6) is -2.81. The molecule has 0 heterocycles. The van der Waals surface area contributed by atoms with E-state index in [2.05, 4.69) is 6.58 Å². The van der Waals surface area contributed by atoms with Gasteiger partial charge in [-0.1, -0.05) is 18.7 Å². The highest BCUT2D eigenvalue weighted by atomic mass is 35.5. The summed E-state index contributed by atoms with van der Waals surface area (Å²) in [4.78, 5) is 37.5. The summed E-state index contributed by atoms with van der Waals surface area (Å²) in [6.45, 7) is 16.3. The van der Waals surface area contributed by atoms with E-state index in [0.717, 1.165) is 0 Å². The molecule has 1 aliphatic rings. The van der Waals surface area contributed by atoms with Crippen molar-refractivity contribution in [2.24, 2.45) is 5.92 Å². The maximum absolute atomic E-state index is 12.8. The summed E-state index contributed by atoms with van der Waals surface area (Å²) < 4.78 is 17.0. The van der Waals surface area contributed by atoms with Crippen LogP contribution in [0.25, 0.3) is 0 Å². The Hall–Kier alpha value is -1.87. The zero-order chi connectivity index (χ0) is 28.9. The van der Waals surface area contributed by atoms with Crippen LogP contribution < -0.4 is 0 Å². The van der Waals surface area contributed by atoms with Gasteiger partial charge in [0.15, 0.2) is 6.10 Å². The molecule has 7 unspecified atom stereocenters. The lowest BCUT2D eigenvalue weighted by Gasteiger charge is -2.48. The SMILES string of the molecule is C=C(C(CC(Cl)C(C)(C)O)OC(=O)C(C)=CC)C1CC(Cl)C(C)(O)C(OC(C)=O)C1OC(=O)C(C)=CC. The molecule has 0 spiro atoms. The van der Waals surface area contributed by atoms with E-state index < -0.39 is 64.1 Å². The molecule has 0 aromatic rings. The quantitative estimate of drug-likeness (QED) is 0.132. The van der Waals surface area contributed by atoms with Crippen LogP contribution in [0.4, 0.5) is 0 Å². The largest absolute Gasteiger partial charge is 0.455 e. The molecule has 0 saturated heterocycles. The summed E-state index contributed by atoms with van der Waals surface area (Å²) in [7, 11) is 0. The third-order valence-electron chi connectivity index (χ3n) is 6.74. The molecule has 8 nitrogen and oxygen atoms in total. The van der Waals surface area contributed by atoms with E-state index in [9.17, 15) is 24.6 Å². The summed E-state index contributed by atoms with van der Waals surface area (Å²) in [6.07, 6.45) is -0.372. The second-order valence-electron chi connectivity index (χ2n) is 10.2. The molecular formula is C27H40Cl2O8. The predicted molar refractivity (Wildman–Crippen MR) is 142 cm³/mol. The number of ether oxygens (including phenoxy) is 3. The van der Waals surface area contributed by atoms with Crippen molar-refractivity contribution in [2.75, 3.05) is 0 Å². The number of carbonyl (C=O) groups is 3. The van der Waals surface area contributed by atoms with Gasteiger partial charge < -0.3 is 24.4 Å². The number of allylic oxidation sites excluding steroid dienone is 2. The first-order valence-electron chi connectivity index (χ1n) is 12.1. The van der Waals surface area contributed by atoms with E-state index in [1.54, 1.807) is 39.8 Å². The van der Waals surface area contributed by atoms with Crippen molar-refractivity contribution in [1.29, 1.82) is 0 Å². The first kappa shape index (κ1) is 33.2. The molecular weight excluding hydrogens is 523 g/mol. The van der Waals surface area contributed by atoms with Gasteiger partial charge in [0.25, 0.3) is 0 Å². The summed E-state index contributed by atoms with van der Waals surface area (Å²) in [5, 5.41) is 19.8. The second-order valence-corrected chi connectivity index (χ2v) is 11.3. The van der Waals surface area contributed by atoms with Gasteiger partial charge in [0.1, 0.15) is 17.8 Å². The molecule has 0 radical (unpaired) electrons. The van der Waals surface area contributed by atoms with Gasteiger partial charge in [0.05, 0.1) is 16.4 Å². The molecule has 37 heavy (non-hydrogen) atoms. The second kappa shape index (κ2) is 13.3. The first-order chi connectivity index (χ1) is 16.9. The van der Waals surface area contributed by atoms with Crippen molar-refractivity contribution in [3.05, 3.63) is 35.5 Å². The number of carbonyl (C=O) groups excluding carboxylic acids is 3. The van der Waals surface area contributed by atoms with Crippen LogP contribution in [0.5, 0.6) is 0 Å². The van der Waals surface area contributed by atoms with Gasteiger partial charge >= 0.3 is 17.9 Å². The predicted octanol–water partition coefficient (Wildman–Crippen LogP) is 4.38. The van der Waals surface area contributed by atoms with E-state index in [-0.39, 0.29) is 12.8 Å². The average Bonchev–Trinajstić information content (AvgIpc) is 2.80. The minimum Gasteiger partial charge on any atom is -0.455 e. The Morgan fingerprint density at radius 2 is 1.62 bits per heavy atom. The molecule has 0 aliphatic heterocycles. The van der Waals surface area contributed by atoms with Crippen molar-refractivity contribution in [1.82, 2.24) is 0 Å². The zero-order valence-electron chi connectivity index (χ0n) is 22.8. The molecule has 0 amide bonds. The van der Waals surface area contributed by atoms with E-state index in [4.69, 9.17) is 37.4 Å². The van der Waals surface area contributed by atoms with Crippen molar-refractivity contribution in [2.45, 2.75) is 108 Å². The Morgan fingerprint density at radius 3 is 2.08 bits per heavy atom. The Bertz CT molecular complexity index is 931. The monoisotopic (exact) mass is 562 g/mol. The number of rotatable bonds is 10. The topological polar surface area (TPSA) is 119 Å². The smallest absolute Gasteiger partial charge is 0.333 e. The number of alkyl halides is 2. The molecule has 1 saturated carbocycles. The standard InChI is InChI=1S/C27H40Cl2O8/c1-10-14(3)24(31)36-19(13-20(28)26(7,8)33)16(5)18-12-21(29)27(9,34)23(35-17(6)30)22(18)37-25(32)15(4)11-2/h10-11,18-23,33-34H,5,12-13H2,1-4,6-9H3. The Morgan fingerprint density at radius 1 is 1.11 bits per heavy atom. The van der Waals surface area contributed by atoms with Gasteiger partial charge in [-0.2, -0.15) is 0 Å². The van der Waals surface area contributed by atoms with E-state index in [0.29, 0.717) is 16.7 Å². The van der Waals surface area contributed by atoms with Crippen molar-refractivity contribution < 1.29 is 38.8 Å². The van der Waals surface area contributed by atoms with Crippen LogP contribution in [0.3, 0.4) is 0 Å². The number of aliphatic hydroxyl groups is 2. The number of halogens is 2. The molecule has 210 valence electrons. The van der Waals surface area contributed by atoms with Crippen LogP contribution in [0.15, 0.2) is 35.5 Å². The first-order valence-corrected chi connectivity index (χ1v) is 13.0. The fourth-order valence-electron chi connectivity index (χ4n) is 3.85. The van der Waals surface area contributed by atoms with E-state index in [1.807, 2.05) is 0 Å². The lowest BCUT2D eigenvalue weighted by atomic mass is 9.71. The Balaban J connectivity index is 3.60. The molecule has 2 N–H and O–H groups in total. The average molecular weight is 564 g/mol. The van der Waals surface area contributed by atoms with Gasteiger partial charge in [-0.15, -0.1) is 23.2 Å². The molecule has 1 rings (SSSR count). The highest BCUT2D eigenvalue weighted by molar-refractivity contribution is 6.21. The van der Waals surface area contributed by atoms with Crippen LogP contribution in [0.1, 0.15) is 68.2 Å². The van der Waals surface area contributed by atoms with Crippen molar-refractivity contribution in [3.63, 3.8) is 0 Å². The maximum atomic E-state index is 12.8. The van der Waals surface area contributed by atoms with Gasteiger partial charge in [-0.05, 0) is 60.5 Å². The summed E-state index contributed by atoms with van der Waals surface area (Å²) in [6, 6.07) is 0. The van der Waals surface area contributed by atoms with Gasteiger partial charge in [0, 0.05) is 30.4 Å². The Labute approximate surface area is 229 Å². The van der Waals surface area contributed by atoms with Crippen molar-refractivity contribution in [3.8, 4) is 0 Å². The maximum Gasteiger partial charge on any atom is 0.333 e. The molecule has 0 aromatic carbocycles. The van der Waals surface area contributed by atoms with Crippen molar-refractivity contribution >= 4 is 41.1 Å². The highest BCUT2D eigenvalue weighted by Gasteiger charge is 2.56. The highest BCUT2D eigenvalue weighted by Crippen LogP contribution is 2.44. The number of esters is 3. The number of hydrogen-bond donors (Lipinski definition) is 2. The van der Waals surface area contributed by atoms with E-state index >= 15 is 0 Å².